The molecule has 1 amide bonds. The molecular formula is C21H38N2O2. The first-order valence-electron chi connectivity index (χ1n) is 9.39. The van der Waals surface area contributed by atoms with Gasteiger partial charge in [0.1, 0.15) is 0 Å². The molecule has 4 heteroatoms. The Hall–Kier alpha value is -1.71. The van der Waals surface area contributed by atoms with Gasteiger partial charge in [-0.05, 0) is 36.8 Å². The summed E-state index contributed by atoms with van der Waals surface area (Å²) in [6.07, 6.45) is 4.46. The Morgan fingerprint density at radius 1 is 1.04 bits per heavy atom. The normalized spacial score (nSPS) is 18.6. The smallest absolute Gasteiger partial charge is 0.223 e. The Morgan fingerprint density at radius 2 is 1.48 bits per heavy atom. The van der Waals surface area contributed by atoms with Crippen LogP contribution in [0, 0.1) is 17.3 Å². The molecule has 1 saturated carbocycles. The van der Waals surface area contributed by atoms with E-state index in [1.807, 2.05) is 66.7 Å². The Labute approximate surface area is 154 Å². The minimum atomic E-state index is -0.363. The van der Waals surface area contributed by atoms with E-state index < -0.39 is 0 Å². The van der Waals surface area contributed by atoms with Crippen molar-refractivity contribution in [3.63, 3.8) is 0 Å². The Morgan fingerprint density at radius 3 is 1.68 bits per heavy atom. The molecule has 144 valence electrons. The number of ketones is 1. The third-order valence-corrected chi connectivity index (χ3v) is 3.57. The molecule has 1 aliphatic rings. The second-order valence-electron chi connectivity index (χ2n) is 6.76. The van der Waals surface area contributed by atoms with Crippen molar-refractivity contribution in [3.8, 4) is 0 Å². The van der Waals surface area contributed by atoms with Crippen LogP contribution in [0.15, 0.2) is 30.6 Å². The number of hydrogen-bond acceptors (Lipinski definition) is 3. The largest absolute Gasteiger partial charge is 0.346 e. The van der Waals surface area contributed by atoms with Crippen molar-refractivity contribution in [2.45, 2.75) is 74.8 Å². The van der Waals surface area contributed by atoms with E-state index in [0.29, 0.717) is 5.92 Å². The van der Waals surface area contributed by atoms with Gasteiger partial charge in [0.05, 0.1) is 6.04 Å². The van der Waals surface area contributed by atoms with Gasteiger partial charge < -0.3 is 5.32 Å². The van der Waals surface area contributed by atoms with E-state index in [0.717, 1.165) is 6.42 Å². The third-order valence-electron chi connectivity index (χ3n) is 3.57. The van der Waals surface area contributed by atoms with Crippen LogP contribution in [0.2, 0.25) is 0 Å². The average Bonchev–Trinajstić information content (AvgIpc) is 3.34. The van der Waals surface area contributed by atoms with Crippen LogP contribution in [0.4, 0.5) is 0 Å². The standard InChI is InChI=1S/C12H21NO2.C5H5N.2C2H6/c1-7-6-9(7)11(15)13-10(8(2)14)12(3,4)5;1-2-4-6-5-3-1;2*1-2/h7,9-10H,6H2,1-5H3,(H,13,15);1-5H;2*1-2H3/t7-,9?,10?;;;/m1.../s1. The van der Waals surface area contributed by atoms with Gasteiger partial charge in [-0.2, -0.15) is 0 Å². The van der Waals surface area contributed by atoms with Gasteiger partial charge in [-0.25, -0.2) is 0 Å². The highest BCUT2D eigenvalue weighted by Gasteiger charge is 2.41. The highest BCUT2D eigenvalue weighted by molar-refractivity contribution is 5.90. The number of nitrogens with one attached hydrogen (secondary N) is 1. The van der Waals surface area contributed by atoms with E-state index in [-0.39, 0.29) is 29.1 Å². The van der Waals surface area contributed by atoms with Crippen molar-refractivity contribution in [3.05, 3.63) is 30.6 Å². The van der Waals surface area contributed by atoms with Crippen molar-refractivity contribution in [1.82, 2.24) is 10.3 Å². The monoisotopic (exact) mass is 350 g/mol. The molecule has 3 atom stereocenters. The van der Waals surface area contributed by atoms with Crippen LogP contribution in [0.5, 0.6) is 0 Å². The van der Waals surface area contributed by atoms with Crippen LogP contribution in [0.3, 0.4) is 0 Å². The molecule has 2 unspecified atom stereocenters. The SMILES string of the molecule is CC.CC.CC(=O)C(NC(=O)C1C[C@H]1C)C(C)(C)C.c1ccncc1. The Bertz CT molecular complexity index is 440. The highest BCUT2D eigenvalue weighted by atomic mass is 16.2. The number of pyridine rings is 1. The fraction of sp³-hybridized carbons (Fsp3) is 0.667. The van der Waals surface area contributed by atoms with Crippen molar-refractivity contribution < 1.29 is 9.59 Å². The molecular weight excluding hydrogens is 312 g/mol. The molecule has 1 heterocycles. The van der Waals surface area contributed by atoms with Crippen LogP contribution < -0.4 is 5.32 Å². The zero-order valence-electron chi connectivity index (χ0n) is 17.6. The summed E-state index contributed by atoms with van der Waals surface area (Å²) < 4.78 is 0. The molecule has 0 saturated heterocycles. The summed E-state index contributed by atoms with van der Waals surface area (Å²) in [7, 11) is 0. The number of carbonyl (C=O) groups excluding carboxylic acids is 2. The number of Topliss-reactive ketones (excluding diaryl/α,β-unsaturated/α-hetero) is 1. The Kier molecular flexibility index (Phi) is 13.9. The Balaban J connectivity index is 0. The maximum absolute atomic E-state index is 11.7. The lowest BCUT2D eigenvalue weighted by Gasteiger charge is -2.29. The van der Waals surface area contributed by atoms with Gasteiger partial charge in [0, 0.05) is 18.3 Å². The van der Waals surface area contributed by atoms with Gasteiger partial charge in [-0.15, -0.1) is 0 Å². The fourth-order valence-electron chi connectivity index (χ4n) is 2.18. The molecule has 2 rings (SSSR count). The lowest BCUT2D eigenvalue weighted by Crippen LogP contribution is -2.48. The third kappa shape index (κ3) is 11.5. The highest BCUT2D eigenvalue weighted by Crippen LogP contribution is 2.38. The fourth-order valence-corrected chi connectivity index (χ4v) is 2.18. The van der Waals surface area contributed by atoms with Gasteiger partial charge in [-0.3, -0.25) is 14.6 Å². The predicted octanol–water partition coefficient (Wildman–Crippen LogP) is 4.90. The van der Waals surface area contributed by atoms with Crippen molar-refractivity contribution >= 4 is 11.7 Å². The summed E-state index contributed by atoms with van der Waals surface area (Å²) in [5, 5.41) is 2.86. The summed E-state index contributed by atoms with van der Waals surface area (Å²) in [5.41, 5.74) is -0.209. The lowest BCUT2D eigenvalue weighted by molar-refractivity contribution is -0.130. The molecule has 1 aromatic rings. The van der Waals surface area contributed by atoms with E-state index in [1.54, 1.807) is 12.4 Å². The number of amides is 1. The van der Waals surface area contributed by atoms with E-state index in [2.05, 4.69) is 17.2 Å². The molecule has 0 aliphatic heterocycles. The number of nitrogens with zero attached hydrogens (tertiary/aromatic N) is 1. The number of aromatic nitrogens is 1. The first-order chi connectivity index (χ1) is 11.7. The number of hydrogen-bond donors (Lipinski definition) is 1. The van der Waals surface area contributed by atoms with Crippen LogP contribution in [0.1, 0.15) is 68.7 Å². The van der Waals surface area contributed by atoms with Gasteiger partial charge in [0.2, 0.25) is 5.91 Å². The first-order valence-corrected chi connectivity index (χ1v) is 9.39. The topological polar surface area (TPSA) is 59.1 Å². The first kappa shape index (κ1) is 25.5. The van der Waals surface area contributed by atoms with Gasteiger partial charge in [0.15, 0.2) is 5.78 Å². The maximum atomic E-state index is 11.7. The lowest BCUT2D eigenvalue weighted by atomic mass is 9.84. The summed E-state index contributed by atoms with van der Waals surface area (Å²) in [5.74, 6) is 0.688. The predicted molar refractivity (Wildman–Crippen MR) is 106 cm³/mol. The number of rotatable bonds is 3. The molecule has 1 aliphatic carbocycles. The van der Waals surface area contributed by atoms with Crippen molar-refractivity contribution in [2.75, 3.05) is 0 Å². The molecule has 25 heavy (non-hydrogen) atoms. The quantitative estimate of drug-likeness (QED) is 0.844. The van der Waals surface area contributed by atoms with Crippen LogP contribution in [0.25, 0.3) is 0 Å². The second kappa shape index (κ2) is 13.6. The molecule has 4 nitrogen and oxygen atoms in total. The number of carbonyl (C=O) groups is 2. The minimum absolute atomic E-state index is 0.0316. The molecule has 0 aromatic carbocycles. The van der Waals surface area contributed by atoms with Crippen molar-refractivity contribution in [2.24, 2.45) is 17.3 Å². The van der Waals surface area contributed by atoms with Crippen LogP contribution in [-0.4, -0.2) is 22.7 Å². The van der Waals surface area contributed by atoms with E-state index >= 15 is 0 Å². The minimum Gasteiger partial charge on any atom is -0.346 e. The summed E-state index contributed by atoms with van der Waals surface area (Å²) >= 11 is 0. The summed E-state index contributed by atoms with van der Waals surface area (Å²) in [6.45, 7) is 17.5. The molecule has 1 aromatic heterocycles. The van der Waals surface area contributed by atoms with Gasteiger partial charge in [0.25, 0.3) is 0 Å². The van der Waals surface area contributed by atoms with Crippen LogP contribution >= 0.6 is 0 Å². The van der Waals surface area contributed by atoms with Crippen molar-refractivity contribution in [1.29, 1.82) is 0 Å². The zero-order valence-corrected chi connectivity index (χ0v) is 17.6. The molecule has 1 N–H and O–H groups in total. The van der Waals surface area contributed by atoms with E-state index in [4.69, 9.17) is 0 Å². The van der Waals surface area contributed by atoms with Crippen LogP contribution in [-0.2, 0) is 9.59 Å². The summed E-state index contributed by atoms with van der Waals surface area (Å²) in [4.78, 5) is 26.9. The van der Waals surface area contributed by atoms with E-state index in [9.17, 15) is 9.59 Å². The molecule has 0 spiro atoms. The second-order valence-corrected chi connectivity index (χ2v) is 6.76. The molecule has 1 fully saturated rings. The zero-order chi connectivity index (χ0) is 20.0. The van der Waals surface area contributed by atoms with Gasteiger partial charge in [-0.1, -0.05) is 61.5 Å². The average molecular weight is 351 g/mol. The molecule has 0 bridgehead atoms. The summed E-state index contributed by atoms with van der Waals surface area (Å²) in [6, 6.07) is 5.35. The van der Waals surface area contributed by atoms with E-state index in [1.165, 1.54) is 6.92 Å². The van der Waals surface area contributed by atoms with Gasteiger partial charge >= 0.3 is 0 Å². The maximum Gasteiger partial charge on any atom is 0.223 e. The molecule has 0 radical (unpaired) electrons.